The minimum Gasteiger partial charge on any atom is -0.453 e. The molecule has 10 nitrogen and oxygen atoms in total. The fourth-order valence-corrected chi connectivity index (χ4v) is 6.25. The number of nitrogens with one attached hydrogen (secondary N) is 3. The molecular formula is C31H49ClN4O6. The number of benzene rings is 1. The second-order valence-electron chi connectivity index (χ2n) is 11.5. The van der Waals surface area contributed by atoms with Gasteiger partial charge in [-0.3, -0.25) is 4.79 Å². The van der Waals surface area contributed by atoms with Crippen molar-refractivity contribution in [1.82, 2.24) is 20.9 Å². The molecule has 4 unspecified atom stereocenters. The molecule has 0 radical (unpaired) electrons. The standard InChI is InChI=1S/C31H49ClN4O6/c1-3-14-33-28(38)20-27(37)26(18-22-9-5-4-6-10-22)35-30(39)36-16-8-12-24(21-36)29(23-11-7-13-25(32)19-23)42-17-15-34-31(40)41-2/h7,11,13,19,22,24,26-27,29,37H,3-6,8-10,12,14-18,20-21H2,1-2H3,(H,33,38)(H,34,40)(H,35,39). The fraction of sp³-hybridized carbons (Fsp3) is 0.710. The lowest BCUT2D eigenvalue weighted by Crippen LogP contribution is -2.53. The average Bonchev–Trinajstić information content (AvgIpc) is 3.00. The molecule has 0 aromatic heterocycles. The molecular weight excluding hydrogens is 560 g/mol. The van der Waals surface area contributed by atoms with Crippen LogP contribution in [0.2, 0.25) is 5.02 Å². The zero-order chi connectivity index (χ0) is 30.3. The van der Waals surface area contributed by atoms with E-state index in [1.54, 1.807) is 4.90 Å². The summed E-state index contributed by atoms with van der Waals surface area (Å²) in [5, 5.41) is 20.3. The predicted octanol–water partition coefficient (Wildman–Crippen LogP) is 4.79. The molecule has 1 saturated carbocycles. The Morgan fingerprint density at radius 3 is 2.60 bits per heavy atom. The summed E-state index contributed by atoms with van der Waals surface area (Å²) < 4.78 is 10.9. The molecule has 0 spiro atoms. The van der Waals surface area contributed by atoms with Crippen molar-refractivity contribution in [1.29, 1.82) is 0 Å². The maximum atomic E-state index is 13.6. The molecule has 2 aliphatic rings. The number of hydrogen-bond donors (Lipinski definition) is 4. The molecule has 1 heterocycles. The zero-order valence-electron chi connectivity index (χ0n) is 25.1. The molecule has 4 amide bonds. The number of methoxy groups -OCH3 is 1. The Kier molecular flexibility index (Phi) is 14.7. The van der Waals surface area contributed by atoms with Crippen LogP contribution in [0.15, 0.2) is 24.3 Å². The van der Waals surface area contributed by atoms with Crippen LogP contribution in [0.25, 0.3) is 0 Å². The monoisotopic (exact) mass is 608 g/mol. The molecule has 1 aliphatic heterocycles. The first-order chi connectivity index (χ1) is 20.3. The minimum atomic E-state index is -0.960. The van der Waals surface area contributed by atoms with Crippen LogP contribution < -0.4 is 16.0 Å². The van der Waals surface area contributed by atoms with Crippen molar-refractivity contribution in [2.24, 2.45) is 11.8 Å². The molecule has 236 valence electrons. The van der Waals surface area contributed by atoms with E-state index in [4.69, 9.17) is 16.3 Å². The summed E-state index contributed by atoms with van der Waals surface area (Å²) in [5.74, 6) is 0.224. The Hall–Kier alpha value is -2.56. The van der Waals surface area contributed by atoms with Crippen LogP contribution in [0.1, 0.15) is 82.8 Å². The number of hydrogen-bond acceptors (Lipinski definition) is 6. The molecule has 42 heavy (non-hydrogen) atoms. The van der Waals surface area contributed by atoms with Crippen molar-refractivity contribution in [3.8, 4) is 0 Å². The van der Waals surface area contributed by atoms with Crippen LogP contribution in [0.4, 0.5) is 9.59 Å². The molecule has 3 rings (SSSR count). The van der Waals surface area contributed by atoms with Crippen molar-refractivity contribution in [3.05, 3.63) is 34.9 Å². The normalized spacial score (nSPS) is 19.8. The second kappa shape index (κ2) is 18.2. The smallest absolute Gasteiger partial charge is 0.406 e. The summed E-state index contributed by atoms with van der Waals surface area (Å²) in [6.45, 7) is 4.16. The summed E-state index contributed by atoms with van der Waals surface area (Å²) in [5.41, 5.74) is 0.913. The van der Waals surface area contributed by atoms with Gasteiger partial charge in [0.25, 0.3) is 0 Å². The number of carbonyl (C=O) groups is 3. The van der Waals surface area contributed by atoms with Crippen LogP contribution in [0, 0.1) is 11.8 Å². The largest absolute Gasteiger partial charge is 0.453 e. The quantitative estimate of drug-likeness (QED) is 0.225. The lowest BCUT2D eigenvalue weighted by atomic mass is 9.83. The van der Waals surface area contributed by atoms with Gasteiger partial charge in [0.05, 0.1) is 38.4 Å². The molecule has 1 saturated heterocycles. The minimum absolute atomic E-state index is 0.00244. The molecule has 0 bridgehead atoms. The molecule has 2 fully saturated rings. The van der Waals surface area contributed by atoms with E-state index in [0.717, 1.165) is 50.5 Å². The number of alkyl carbamates (subject to hydrolysis) is 1. The third-order valence-corrected chi connectivity index (χ3v) is 8.49. The van der Waals surface area contributed by atoms with Gasteiger partial charge in [-0.2, -0.15) is 0 Å². The van der Waals surface area contributed by atoms with E-state index in [2.05, 4.69) is 20.7 Å². The molecule has 4 atom stereocenters. The van der Waals surface area contributed by atoms with Crippen molar-refractivity contribution in [2.45, 2.75) is 89.4 Å². The van der Waals surface area contributed by atoms with Crippen LogP contribution >= 0.6 is 11.6 Å². The average molecular weight is 609 g/mol. The highest BCUT2D eigenvalue weighted by Crippen LogP contribution is 2.34. The van der Waals surface area contributed by atoms with Crippen molar-refractivity contribution < 1.29 is 29.0 Å². The third-order valence-electron chi connectivity index (χ3n) is 8.26. The van der Waals surface area contributed by atoms with Crippen LogP contribution in [0.3, 0.4) is 0 Å². The van der Waals surface area contributed by atoms with Gasteiger partial charge in [0.15, 0.2) is 0 Å². The summed E-state index contributed by atoms with van der Waals surface area (Å²) in [6.07, 6.45) is 6.99. The Bertz CT molecular complexity index is 992. The first kappa shape index (κ1) is 33.9. The number of likely N-dealkylation sites (tertiary alicyclic amines) is 1. The Morgan fingerprint density at radius 2 is 1.88 bits per heavy atom. The first-order valence-corrected chi connectivity index (χ1v) is 15.9. The SMILES string of the molecule is CCCNC(=O)CC(O)C(CC1CCCCC1)NC(=O)N1CCCC(C(OCCNC(=O)OC)c2cccc(Cl)c2)C1. The van der Waals surface area contributed by atoms with Crippen LogP contribution in [-0.4, -0.2) is 80.1 Å². The maximum Gasteiger partial charge on any atom is 0.406 e. The Morgan fingerprint density at radius 1 is 1.10 bits per heavy atom. The van der Waals surface area contributed by atoms with Gasteiger partial charge in [-0.05, 0) is 49.3 Å². The number of aliphatic hydroxyl groups excluding tert-OH is 1. The Balaban J connectivity index is 1.68. The number of ether oxygens (including phenoxy) is 2. The van der Waals surface area contributed by atoms with Gasteiger partial charge in [-0.1, -0.05) is 62.8 Å². The lowest BCUT2D eigenvalue weighted by molar-refractivity contribution is -0.123. The fourth-order valence-electron chi connectivity index (χ4n) is 6.05. The number of rotatable bonds is 14. The molecule has 11 heteroatoms. The highest BCUT2D eigenvalue weighted by molar-refractivity contribution is 6.30. The van der Waals surface area contributed by atoms with E-state index in [1.807, 2.05) is 31.2 Å². The first-order valence-electron chi connectivity index (χ1n) is 15.5. The third kappa shape index (κ3) is 11.3. The van der Waals surface area contributed by atoms with Crippen LogP contribution in [0.5, 0.6) is 0 Å². The highest BCUT2D eigenvalue weighted by Gasteiger charge is 2.34. The van der Waals surface area contributed by atoms with Gasteiger partial charge in [0, 0.05) is 37.1 Å². The molecule has 1 aromatic rings. The van der Waals surface area contributed by atoms with Crippen molar-refractivity contribution in [3.63, 3.8) is 0 Å². The molecule has 4 N–H and O–H groups in total. The number of urea groups is 1. The van der Waals surface area contributed by atoms with Crippen molar-refractivity contribution in [2.75, 3.05) is 39.9 Å². The van der Waals surface area contributed by atoms with E-state index in [9.17, 15) is 19.5 Å². The molecule has 1 aromatic carbocycles. The van der Waals surface area contributed by atoms with Gasteiger partial charge in [-0.25, -0.2) is 9.59 Å². The topological polar surface area (TPSA) is 129 Å². The van der Waals surface area contributed by atoms with E-state index >= 15 is 0 Å². The number of piperidine rings is 1. The number of carbonyl (C=O) groups excluding carboxylic acids is 3. The van der Waals surface area contributed by atoms with Gasteiger partial charge >= 0.3 is 12.1 Å². The highest BCUT2D eigenvalue weighted by atomic mass is 35.5. The van der Waals surface area contributed by atoms with Gasteiger partial charge in [0.2, 0.25) is 5.91 Å². The summed E-state index contributed by atoms with van der Waals surface area (Å²) in [7, 11) is 1.31. The predicted molar refractivity (Wildman–Crippen MR) is 162 cm³/mol. The van der Waals surface area contributed by atoms with Gasteiger partial charge in [0.1, 0.15) is 0 Å². The van der Waals surface area contributed by atoms with E-state index in [1.165, 1.54) is 13.5 Å². The Labute approximate surface area is 255 Å². The zero-order valence-corrected chi connectivity index (χ0v) is 25.9. The number of nitrogens with zero attached hydrogens (tertiary/aromatic N) is 1. The second-order valence-corrected chi connectivity index (χ2v) is 12.0. The maximum absolute atomic E-state index is 13.6. The molecule has 1 aliphatic carbocycles. The number of aliphatic hydroxyl groups is 1. The van der Waals surface area contributed by atoms with Gasteiger partial charge < -0.3 is 35.4 Å². The van der Waals surface area contributed by atoms with E-state index in [0.29, 0.717) is 37.0 Å². The van der Waals surface area contributed by atoms with Gasteiger partial charge in [-0.15, -0.1) is 0 Å². The number of halogens is 1. The summed E-state index contributed by atoms with van der Waals surface area (Å²) in [6, 6.07) is 6.79. The van der Waals surface area contributed by atoms with Crippen LogP contribution in [-0.2, 0) is 14.3 Å². The number of amides is 4. The summed E-state index contributed by atoms with van der Waals surface area (Å²) >= 11 is 6.30. The van der Waals surface area contributed by atoms with E-state index in [-0.39, 0.29) is 43.5 Å². The lowest BCUT2D eigenvalue weighted by Gasteiger charge is -2.38. The van der Waals surface area contributed by atoms with Crippen molar-refractivity contribution >= 4 is 29.6 Å². The summed E-state index contributed by atoms with van der Waals surface area (Å²) in [4.78, 5) is 39.3. The van der Waals surface area contributed by atoms with E-state index < -0.39 is 18.2 Å².